The van der Waals surface area contributed by atoms with E-state index in [1.807, 2.05) is 0 Å². The van der Waals surface area contributed by atoms with Gasteiger partial charge >= 0.3 is 0 Å². The van der Waals surface area contributed by atoms with Gasteiger partial charge in [0.05, 0.1) is 18.5 Å². The molecule has 4 saturated carbocycles. The Morgan fingerprint density at radius 3 is 2.34 bits per heavy atom. The lowest BCUT2D eigenvalue weighted by Gasteiger charge is -2.58. The Morgan fingerprint density at radius 1 is 1.03 bits per heavy atom. The maximum atomic E-state index is 12.3. The molecule has 8 atom stereocenters. The lowest BCUT2D eigenvalue weighted by Crippen LogP contribution is -2.58. The van der Waals surface area contributed by atoms with Crippen molar-refractivity contribution in [3.8, 4) is 0 Å². The second-order valence-corrected chi connectivity index (χ2v) is 19.5. The lowest BCUT2D eigenvalue weighted by molar-refractivity contribution is -0.142. The summed E-state index contributed by atoms with van der Waals surface area (Å²) in [6.45, 7) is 13.9. The molecule has 0 amide bonds. The van der Waals surface area contributed by atoms with Crippen LogP contribution >= 0.6 is 0 Å². The summed E-state index contributed by atoms with van der Waals surface area (Å²) in [5.41, 5.74) is -0.0522. The highest BCUT2D eigenvalue weighted by Crippen LogP contribution is 2.64. The fourth-order valence-corrected chi connectivity index (χ4v) is 9.80. The molecule has 0 aromatic rings. The molecular formula is C25H44O5SSi. The molecule has 4 rings (SSSR count). The molecule has 0 aliphatic heterocycles. The van der Waals surface area contributed by atoms with Crippen LogP contribution in [-0.4, -0.2) is 41.0 Å². The van der Waals surface area contributed by atoms with Gasteiger partial charge < -0.3 is 4.43 Å². The zero-order chi connectivity index (χ0) is 23.7. The fraction of sp³-hybridized carbons (Fsp3) is 0.960. The first-order valence-electron chi connectivity index (χ1n) is 12.7. The van der Waals surface area contributed by atoms with E-state index in [2.05, 4.69) is 40.8 Å². The van der Waals surface area contributed by atoms with Crippen LogP contribution in [0.2, 0.25) is 18.1 Å². The number of hydrogen-bond donors (Lipinski definition) is 0. The van der Waals surface area contributed by atoms with Gasteiger partial charge in [0.15, 0.2) is 8.32 Å². The van der Waals surface area contributed by atoms with E-state index >= 15 is 0 Å². The highest BCUT2D eigenvalue weighted by atomic mass is 32.2. The summed E-state index contributed by atoms with van der Waals surface area (Å²) in [6.07, 6.45) is 8.48. The molecule has 0 N–H and O–H groups in total. The minimum atomic E-state index is -3.55. The zero-order valence-electron chi connectivity index (χ0n) is 21.1. The smallest absolute Gasteiger partial charge is 0.264 e. The molecule has 0 aromatic heterocycles. The molecule has 7 heteroatoms. The Bertz CT molecular complexity index is 847. The molecule has 4 aliphatic rings. The first-order chi connectivity index (χ1) is 14.6. The third kappa shape index (κ3) is 4.40. The van der Waals surface area contributed by atoms with E-state index in [4.69, 9.17) is 8.61 Å². The molecule has 5 nitrogen and oxygen atoms in total. The molecule has 4 aliphatic carbocycles. The van der Waals surface area contributed by atoms with Gasteiger partial charge in [0.2, 0.25) is 0 Å². The van der Waals surface area contributed by atoms with Gasteiger partial charge in [-0.3, -0.25) is 8.98 Å². The van der Waals surface area contributed by atoms with Crippen molar-refractivity contribution in [2.24, 2.45) is 35.0 Å². The fourth-order valence-electron chi connectivity index (χ4n) is 7.70. The quantitative estimate of drug-likeness (QED) is 0.386. The van der Waals surface area contributed by atoms with E-state index in [1.54, 1.807) is 0 Å². The van der Waals surface area contributed by atoms with Crippen molar-refractivity contribution in [2.75, 3.05) is 6.26 Å². The Balaban J connectivity index is 1.66. The summed E-state index contributed by atoms with van der Waals surface area (Å²) in [4.78, 5) is 12.1. The summed E-state index contributed by atoms with van der Waals surface area (Å²) in [5, 5.41) is 0.147. The Kier molecular flexibility index (Phi) is 6.34. The maximum Gasteiger partial charge on any atom is 0.264 e. The maximum absolute atomic E-state index is 12.3. The molecule has 184 valence electrons. The van der Waals surface area contributed by atoms with Gasteiger partial charge in [-0.1, -0.05) is 27.7 Å². The van der Waals surface area contributed by atoms with Gasteiger partial charge in [-0.05, 0) is 91.7 Å². The van der Waals surface area contributed by atoms with Crippen LogP contribution in [0.4, 0.5) is 0 Å². The zero-order valence-corrected chi connectivity index (χ0v) is 23.0. The van der Waals surface area contributed by atoms with Crippen molar-refractivity contribution in [3.63, 3.8) is 0 Å². The highest BCUT2D eigenvalue weighted by molar-refractivity contribution is 7.86. The van der Waals surface area contributed by atoms with Gasteiger partial charge in [-0.2, -0.15) is 8.42 Å². The summed E-state index contributed by atoms with van der Waals surface area (Å²) >= 11 is 0. The minimum absolute atomic E-state index is 0.0522. The van der Waals surface area contributed by atoms with E-state index in [9.17, 15) is 13.2 Å². The van der Waals surface area contributed by atoms with Crippen LogP contribution in [0.5, 0.6) is 0 Å². The van der Waals surface area contributed by atoms with Gasteiger partial charge in [-0.25, -0.2) is 0 Å². The summed E-state index contributed by atoms with van der Waals surface area (Å²) < 4.78 is 37.5. The van der Waals surface area contributed by atoms with E-state index in [0.29, 0.717) is 42.3 Å². The molecular weight excluding hydrogens is 440 g/mol. The van der Waals surface area contributed by atoms with Crippen LogP contribution in [0.15, 0.2) is 0 Å². The lowest BCUT2D eigenvalue weighted by atomic mass is 9.49. The average molecular weight is 485 g/mol. The van der Waals surface area contributed by atoms with Gasteiger partial charge in [0.25, 0.3) is 10.1 Å². The number of hydrogen-bond acceptors (Lipinski definition) is 5. The van der Waals surface area contributed by atoms with Crippen molar-refractivity contribution in [3.05, 3.63) is 0 Å². The van der Waals surface area contributed by atoms with Gasteiger partial charge in [0.1, 0.15) is 5.78 Å². The minimum Gasteiger partial charge on any atom is -0.413 e. The van der Waals surface area contributed by atoms with Crippen LogP contribution < -0.4 is 0 Å². The van der Waals surface area contributed by atoms with Crippen molar-refractivity contribution in [2.45, 2.75) is 109 Å². The van der Waals surface area contributed by atoms with Crippen LogP contribution in [0.25, 0.3) is 0 Å². The van der Waals surface area contributed by atoms with Crippen LogP contribution in [-0.2, 0) is 23.5 Å². The first-order valence-corrected chi connectivity index (χ1v) is 17.4. The highest BCUT2D eigenvalue weighted by Gasteiger charge is 2.62. The SMILES string of the molecule is CC(C)(C)[Si](C)(C)O[C@H]1CC[C@H]2[C@@H]3CC[C@H]4CC(=O)CC[C@@H]4[C@H]3[C@@H](OS(C)(=O)=O)C[C@]12C. The Labute approximate surface area is 196 Å². The van der Waals surface area contributed by atoms with Gasteiger partial charge in [0, 0.05) is 12.8 Å². The third-order valence-corrected chi connectivity index (χ3v) is 15.2. The number of Topliss-reactive ketones (excluding diaryl/α,β-unsaturated/α-hetero) is 1. The largest absolute Gasteiger partial charge is 0.413 e. The number of ketones is 1. The molecule has 0 saturated heterocycles. The van der Waals surface area contributed by atoms with Gasteiger partial charge in [-0.15, -0.1) is 0 Å². The first kappa shape index (κ1) is 24.9. The second-order valence-electron chi connectivity index (χ2n) is 13.1. The predicted octanol–water partition coefficient (Wildman–Crippen LogP) is 5.55. The standard InChI is InChI=1S/C25H44O5SSi/c1-24(2,3)32(6,7)30-22-13-12-20-19-10-8-16-14-17(26)9-11-18(16)23(19)21(15-25(20,22)4)29-31(5,27)28/h16,18-23H,8-15H2,1-7H3/t16-,18-,19-,20-,21-,22-,23+,25-/m0/s1. The van der Waals surface area contributed by atoms with E-state index < -0.39 is 18.4 Å². The molecule has 32 heavy (non-hydrogen) atoms. The van der Waals surface area contributed by atoms with Crippen molar-refractivity contribution in [1.82, 2.24) is 0 Å². The van der Waals surface area contributed by atoms with Crippen LogP contribution in [0.1, 0.15) is 79.1 Å². The van der Waals surface area contributed by atoms with Crippen LogP contribution in [0, 0.1) is 35.0 Å². The molecule has 4 fully saturated rings. The average Bonchev–Trinajstić information content (AvgIpc) is 2.94. The summed E-state index contributed by atoms with van der Waals surface area (Å²) in [6, 6.07) is 0. The number of carbonyl (C=O) groups excluding carboxylic acids is 1. The second kappa shape index (κ2) is 8.16. The molecule has 0 aromatic carbocycles. The molecule has 0 unspecified atom stereocenters. The normalized spacial score (nSPS) is 42.8. The summed E-state index contributed by atoms with van der Waals surface area (Å²) in [5.74, 6) is 2.50. The topological polar surface area (TPSA) is 69.7 Å². The van der Waals surface area contributed by atoms with Crippen molar-refractivity contribution in [1.29, 1.82) is 0 Å². The number of carbonyl (C=O) groups is 1. The molecule has 0 spiro atoms. The number of rotatable bonds is 4. The molecule has 0 radical (unpaired) electrons. The van der Waals surface area contributed by atoms with Crippen LogP contribution in [0.3, 0.4) is 0 Å². The summed E-state index contributed by atoms with van der Waals surface area (Å²) in [7, 11) is -5.49. The third-order valence-electron chi connectivity index (χ3n) is 10.2. The Morgan fingerprint density at radius 2 is 1.72 bits per heavy atom. The molecule has 0 bridgehead atoms. The van der Waals surface area contributed by atoms with E-state index in [-0.39, 0.29) is 28.6 Å². The predicted molar refractivity (Wildman–Crippen MR) is 129 cm³/mol. The van der Waals surface area contributed by atoms with E-state index in [0.717, 1.165) is 32.1 Å². The number of fused-ring (bicyclic) bond motifs is 5. The van der Waals surface area contributed by atoms with E-state index in [1.165, 1.54) is 12.7 Å². The monoisotopic (exact) mass is 484 g/mol. The van der Waals surface area contributed by atoms with Crippen molar-refractivity contribution < 1.29 is 21.8 Å². The Hall–Kier alpha value is -0.243. The molecule has 0 heterocycles. The van der Waals surface area contributed by atoms with Crippen molar-refractivity contribution >= 4 is 24.2 Å².